The third kappa shape index (κ3) is 7.03. The summed E-state index contributed by atoms with van der Waals surface area (Å²) in [4.78, 5) is 0. The lowest BCUT2D eigenvalue weighted by molar-refractivity contribution is 0.426. The molecule has 2 unspecified atom stereocenters. The zero-order valence-corrected chi connectivity index (χ0v) is 11.6. The molecule has 2 heterocycles. The summed E-state index contributed by atoms with van der Waals surface area (Å²) in [6, 6.07) is 0. The van der Waals surface area contributed by atoms with Crippen LogP contribution < -0.4 is 0 Å². The van der Waals surface area contributed by atoms with E-state index in [9.17, 15) is 0 Å². The maximum Gasteiger partial charge on any atom is 0.0900 e. The van der Waals surface area contributed by atoms with E-state index in [1.165, 1.54) is 48.0 Å². The fourth-order valence-corrected chi connectivity index (χ4v) is 4.41. The summed E-state index contributed by atoms with van der Waals surface area (Å²) >= 11 is 6.34. The molecule has 0 amide bonds. The van der Waals surface area contributed by atoms with Crippen LogP contribution >= 0.6 is 35.3 Å². The Labute approximate surface area is 106 Å². The van der Waals surface area contributed by atoms with Crippen molar-refractivity contribution in [1.29, 1.82) is 0 Å². The number of hydrogen-bond acceptors (Lipinski definition) is 4. The number of hydrogen-bond donors (Lipinski definition) is 0. The van der Waals surface area contributed by atoms with Crippen LogP contribution in [0.15, 0.2) is 0 Å². The molecule has 0 radical (unpaired) electrons. The van der Waals surface area contributed by atoms with Gasteiger partial charge in [-0.25, -0.2) is 0 Å². The van der Waals surface area contributed by atoms with Crippen LogP contribution in [0.25, 0.3) is 0 Å². The first-order valence-electron chi connectivity index (χ1n) is 5.84. The Kier molecular flexibility index (Phi) is 6.12. The molecule has 2 aliphatic rings. The van der Waals surface area contributed by atoms with Gasteiger partial charge in [0.05, 0.1) is 12.7 Å². The van der Waals surface area contributed by atoms with Gasteiger partial charge in [0.15, 0.2) is 0 Å². The Morgan fingerprint density at radius 3 is 2.33 bits per heavy atom. The highest BCUT2D eigenvalue weighted by molar-refractivity contribution is 8.08. The van der Waals surface area contributed by atoms with Crippen molar-refractivity contribution in [2.75, 3.05) is 35.4 Å². The van der Waals surface area contributed by atoms with E-state index in [4.69, 9.17) is 4.74 Å². The molecule has 4 heteroatoms. The molecule has 15 heavy (non-hydrogen) atoms. The van der Waals surface area contributed by atoms with Gasteiger partial charge in [0, 0.05) is 22.5 Å². The highest BCUT2D eigenvalue weighted by Gasteiger charge is 2.22. The van der Waals surface area contributed by atoms with Crippen LogP contribution in [-0.2, 0) is 4.74 Å². The lowest BCUT2D eigenvalue weighted by Gasteiger charge is -2.01. The zero-order valence-electron chi connectivity index (χ0n) is 9.15. The highest BCUT2D eigenvalue weighted by Crippen LogP contribution is 2.33. The molecule has 2 rings (SSSR count). The molecular formula is C11H20OS3. The molecule has 2 saturated heterocycles. The minimum Gasteiger partial charge on any atom is -0.372 e. The molecule has 0 N–H and O–H groups in total. The Bertz CT molecular complexity index is 151. The van der Waals surface area contributed by atoms with Crippen molar-refractivity contribution in [2.45, 2.75) is 30.6 Å². The molecule has 88 valence electrons. The molecule has 0 aromatic heterocycles. The minimum atomic E-state index is 0.613. The van der Waals surface area contributed by atoms with Crippen molar-refractivity contribution in [3.8, 4) is 0 Å². The van der Waals surface area contributed by atoms with Gasteiger partial charge in [0.25, 0.3) is 0 Å². The van der Waals surface area contributed by atoms with Crippen molar-refractivity contribution in [3.63, 3.8) is 0 Å². The van der Waals surface area contributed by atoms with E-state index in [1.54, 1.807) is 0 Å². The minimum absolute atomic E-state index is 0.613. The Morgan fingerprint density at radius 2 is 1.73 bits per heavy atom. The predicted octanol–water partition coefficient (Wildman–Crippen LogP) is 3.14. The molecule has 0 aromatic carbocycles. The Balaban J connectivity index is 1.23. The predicted molar refractivity (Wildman–Crippen MR) is 74.5 cm³/mol. The van der Waals surface area contributed by atoms with E-state index in [0.717, 1.165) is 11.9 Å². The smallest absolute Gasteiger partial charge is 0.0900 e. The SMILES string of the molecule is C(CCSCC1CO1)CCSCC1CS1. The van der Waals surface area contributed by atoms with Crippen LogP contribution in [0, 0.1) is 0 Å². The molecule has 2 fully saturated rings. The quantitative estimate of drug-likeness (QED) is 0.444. The van der Waals surface area contributed by atoms with Gasteiger partial charge >= 0.3 is 0 Å². The second-order valence-electron chi connectivity index (χ2n) is 4.12. The van der Waals surface area contributed by atoms with Gasteiger partial charge < -0.3 is 4.74 Å². The van der Waals surface area contributed by atoms with Crippen molar-refractivity contribution in [3.05, 3.63) is 0 Å². The second-order valence-corrected chi connectivity index (χ2v) is 7.75. The van der Waals surface area contributed by atoms with Gasteiger partial charge in [-0.3, -0.25) is 0 Å². The molecule has 0 spiro atoms. The van der Waals surface area contributed by atoms with Crippen molar-refractivity contribution in [2.24, 2.45) is 0 Å². The summed E-state index contributed by atoms with van der Waals surface area (Å²) in [5, 5.41) is 1.02. The number of thioether (sulfide) groups is 3. The first-order chi connectivity index (χ1) is 7.45. The first-order valence-corrected chi connectivity index (χ1v) is 9.19. The Morgan fingerprint density at radius 1 is 1.07 bits per heavy atom. The summed E-state index contributed by atoms with van der Waals surface area (Å²) in [5.74, 6) is 6.77. The van der Waals surface area contributed by atoms with E-state index in [1.807, 2.05) is 0 Å². The fraction of sp³-hybridized carbons (Fsp3) is 1.00. The van der Waals surface area contributed by atoms with E-state index in [0.29, 0.717) is 6.10 Å². The molecule has 1 nitrogen and oxygen atoms in total. The summed E-state index contributed by atoms with van der Waals surface area (Å²) < 4.78 is 5.17. The topological polar surface area (TPSA) is 12.5 Å². The van der Waals surface area contributed by atoms with Gasteiger partial charge in [-0.1, -0.05) is 6.42 Å². The van der Waals surface area contributed by atoms with Crippen LogP contribution in [0.5, 0.6) is 0 Å². The van der Waals surface area contributed by atoms with Crippen molar-refractivity contribution < 1.29 is 4.74 Å². The van der Waals surface area contributed by atoms with Crippen LogP contribution in [0.2, 0.25) is 0 Å². The summed E-state index contributed by atoms with van der Waals surface area (Å²) in [6.07, 6.45) is 4.85. The summed E-state index contributed by atoms with van der Waals surface area (Å²) in [5.41, 5.74) is 0. The number of epoxide rings is 1. The van der Waals surface area contributed by atoms with Gasteiger partial charge in [-0.2, -0.15) is 35.3 Å². The average Bonchev–Trinajstić information content (AvgIpc) is 3.10. The maximum atomic E-state index is 5.17. The third-order valence-electron chi connectivity index (χ3n) is 2.49. The van der Waals surface area contributed by atoms with Crippen LogP contribution in [0.4, 0.5) is 0 Å². The van der Waals surface area contributed by atoms with E-state index < -0.39 is 0 Å². The van der Waals surface area contributed by atoms with E-state index in [2.05, 4.69) is 35.3 Å². The van der Waals surface area contributed by atoms with Crippen LogP contribution in [-0.4, -0.2) is 46.7 Å². The molecular weight excluding hydrogens is 244 g/mol. The van der Waals surface area contributed by atoms with E-state index in [-0.39, 0.29) is 0 Å². The number of rotatable bonds is 10. The summed E-state index contributed by atoms with van der Waals surface area (Å²) in [7, 11) is 0. The van der Waals surface area contributed by atoms with Gasteiger partial charge in [0.2, 0.25) is 0 Å². The average molecular weight is 264 g/mol. The normalized spacial score (nSPS) is 28.0. The number of ether oxygens (including phenoxy) is 1. The van der Waals surface area contributed by atoms with Crippen molar-refractivity contribution in [1.82, 2.24) is 0 Å². The van der Waals surface area contributed by atoms with Crippen LogP contribution in [0.1, 0.15) is 19.3 Å². The molecule has 2 atom stereocenters. The lowest BCUT2D eigenvalue weighted by atomic mass is 10.3. The number of unbranched alkanes of at least 4 members (excludes halogenated alkanes) is 2. The summed E-state index contributed by atoms with van der Waals surface area (Å²) in [6.45, 7) is 1.02. The third-order valence-corrected chi connectivity index (χ3v) is 6.07. The zero-order chi connectivity index (χ0) is 10.3. The lowest BCUT2D eigenvalue weighted by Crippen LogP contribution is -1.92. The highest BCUT2D eigenvalue weighted by atomic mass is 32.2. The monoisotopic (exact) mass is 264 g/mol. The van der Waals surface area contributed by atoms with Gasteiger partial charge in [-0.05, 0) is 24.3 Å². The van der Waals surface area contributed by atoms with E-state index >= 15 is 0 Å². The first kappa shape index (κ1) is 12.5. The largest absolute Gasteiger partial charge is 0.372 e. The van der Waals surface area contributed by atoms with Crippen molar-refractivity contribution >= 4 is 35.3 Å². The standard InChI is InChI=1S/C11H20OS3/c1(2-4-13-7-10-6-12-10)3-5-14-8-11-9-15-11/h10-11H,1-9H2. The van der Waals surface area contributed by atoms with Gasteiger partial charge in [0.1, 0.15) is 0 Å². The second kappa shape index (κ2) is 7.36. The maximum absolute atomic E-state index is 5.17. The fourth-order valence-electron chi connectivity index (χ4n) is 1.34. The molecule has 2 aliphatic heterocycles. The molecule has 0 aliphatic carbocycles. The molecule has 0 aromatic rings. The molecule has 0 saturated carbocycles. The van der Waals surface area contributed by atoms with Crippen LogP contribution in [0.3, 0.4) is 0 Å². The Hall–Kier alpha value is 1.01. The molecule has 0 bridgehead atoms. The van der Waals surface area contributed by atoms with Gasteiger partial charge in [-0.15, -0.1) is 0 Å².